The molecule has 0 unspecified atom stereocenters. The van der Waals surface area contributed by atoms with Crippen molar-refractivity contribution in [2.45, 2.75) is 44.2 Å². The number of hydrogen-bond acceptors (Lipinski definition) is 3. The average molecular weight is 223 g/mol. The fourth-order valence-corrected chi connectivity index (χ4v) is 2.07. The molecule has 1 heterocycles. The Kier molecular flexibility index (Phi) is 3.62. The first-order valence-corrected chi connectivity index (χ1v) is 5.74. The lowest BCUT2D eigenvalue weighted by Gasteiger charge is -2.26. The van der Waals surface area contributed by atoms with Crippen LogP contribution in [0.2, 0.25) is 0 Å². The minimum absolute atomic E-state index is 0.00339. The van der Waals surface area contributed by atoms with E-state index in [1.807, 2.05) is 0 Å². The molecule has 0 saturated heterocycles. The monoisotopic (exact) mass is 223 g/mol. The summed E-state index contributed by atoms with van der Waals surface area (Å²) >= 11 is 0. The molecule has 4 heteroatoms. The van der Waals surface area contributed by atoms with Crippen LogP contribution in [0.3, 0.4) is 0 Å². The number of rotatable bonds is 3. The van der Waals surface area contributed by atoms with Gasteiger partial charge in [0.25, 0.3) is 0 Å². The molecule has 0 aliphatic heterocycles. The minimum Gasteiger partial charge on any atom is -0.469 e. The van der Waals surface area contributed by atoms with Crippen molar-refractivity contribution in [1.82, 2.24) is 5.32 Å². The summed E-state index contributed by atoms with van der Waals surface area (Å²) in [5.41, 5.74) is 0. The van der Waals surface area contributed by atoms with Crippen molar-refractivity contribution < 1.29 is 14.3 Å². The maximum absolute atomic E-state index is 11.6. The highest BCUT2D eigenvalue weighted by Gasteiger charge is 2.20. The van der Waals surface area contributed by atoms with Crippen molar-refractivity contribution >= 4 is 5.91 Å². The van der Waals surface area contributed by atoms with Crippen LogP contribution >= 0.6 is 0 Å². The number of aliphatic hydroxyl groups excluding tert-OH is 1. The fourth-order valence-electron chi connectivity index (χ4n) is 2.07. The highest BCUT2D eigenvalue weighted by molar-refractivity contribution is 5.78. The van der Waals surface area contributed by atoms with Gasteiger partial charge in [-0.3, -0.25) is 4.79 Å². The van der Waals surface area contributed by atoms with Gasteiger partial charge in [0.2, 0.25) is 5.91 Å². The van der Waals surface area contributed by atoms with E-state index in [0.717, 1.165) is 25.7 Å². The maximum atomic E-state index is 11.6. The van der Waals surface area contributed by atoms with Crippen molar-refractivity contribution in [3.05, 3.63) is 24.2 Å². The lowest BCUT2D eigenvalue weighted by molar-refractivity contribution is -0.121. The molecule has 88 valence electrons. The first-order chi connectivity index (χ1) is 7.74. The standard InChI is InChI=1S/C12H17NO3/c14-10-5-3-9(4-6-10)13-12(15)8-11-2-1-7-16-11/h1-2,7,9-10,14H,3-6,8H2,(H,13,15). The molecule has 0 bridgehead atoms. The van der Waals surface area contributed by atoms with Crippen molar-refractivity contribution in [2.75, 3.05) is 0 Å². The highest BCUT2D eigenvalue weighted by Crippen LogP contribution is 2.18. The Bertz CT molecular complexity index is 326. The molecule has 1 aromatic rings. The zero-order valence-corrected chi connectivity index (χ0v) is 9.19. The predicted molar refractivity (Wildman–Crippen MR) is 58.8 cm³/mol. The maximum Gasteiger partial charge on any atom is 0.227 e. The first kappa shape index (κ1) is 11.2. The third kappa shape index (κ3) is 3.10. The summed E-state index contributed by atoms with van der Waals surface area (Å²) < 4.78 is 5.11. The number of aliphatic hydroxyl groups is 1. The van der Waals surface area contributed by atoms with Crippen LogP contribution in [-0.2, 0) is 11.2 Å². The quantitative estimate of drug-likeness (QED) is 0.810. The number of carbonyl (C=O) groups excluding carboxylic acids is 1. The van der Waals surface area contributed by atoms with E-state index in [0.29, 0.717) is 12.2 Å². The molecule has 0 radical (unpaired) electrons. The van der Waals surface area contributed by atoms with Gasteiger partial charge in [0.05, 0.1) is 18.8 Å². The van der Waals surface area contributed by atoms with Gasteiger partial charge in [-0.1, -0.05) is 0 Å². The van der Waals surface area contributed by atoms with E-state index in [1.54, 1.807) is 18.4 Å². The van der Waals surface area contributed by atoms with Crippen molar-refractivity contribution in [3.63, 3.8) is 0 Å². The van der Waals surface area contributed by atoms with Crippen LogP contribution in [0.15, 0.2) is 22.8 Å². The highest BCUT2D eigenvalue weighted by atomic mass is 16.3. The van der Waals surface area contributed by atoms with Crippen molar-refractivity contribution in [2.24, 2.45) is 0 Å². The molecule has 2 rings (SSSR count). The Balaban J connectivity index is 1.75. The molecular formula is C12H17NO3. The molecular weight excluding hydrogens is 206 g/mol. The SMILES string of the molecule is O=C(Cc1ccco1)NC1CCC(O)CC1. The van der Waals surface area contributed by atoms with Crippen molar-refractivity contribution in [1.29, 1.82) is 0 Å². The third-order valence-corrected chi connectivity index (χ3v) is 2.98. The van der Waals surface area contributed by atoms with E-state index in [-0.39, 0.29) is 18.1 Å². The van der Waals surface area contributed by atoms with Crippen LogP contribution in [0, 0.1) is 0 Å². The van der Waals surface area contributed by atoms with Gasteiger partial charge in [-0.15, -0.1) is 0 Å². The second kappa shape index (κ2) is 5.16. The van der Waals surface area contributed by atoms with Crippen LogP contribution in [0.25, 0.3) is 0 Å². The van der Waals surface area contributed by atoms with Gasteiger partial charge in [-0.05, 0) is 37.8 Å². The topological polar surface area (TPSA) is 62.5 Å². The van der Waals surface area contributed by atoms with E-state index in [4.69, 9.17) is 4.42 Å². The normalized spacial score (nSPS) is 25.3. The molecule has 1 aromatic heterocycles. The number of furan rings is 1. The molecule has 1 aliphatic rings. The number of hydrogen-bond donors (Lipinski definition) is 2. The van der Waals surface area contributed by atoms with Gasteiger partial charge in [0.1, 0.15) is 5.76 Å². The molecule has 16 heavy (non-hydrogen) atoms. The molecule has 2 N–H and O–H groups in total. The summed E-state index contributed by atoms with van der Waals surface area (Å²) in [6.45, 7) is 0. The van der Waals surface area contributed by atoms with Gasteiger partial charge in [0, 0.05) is 6.04 Å². The first-order valence-electron chi connectivity index (χ1n) is 5.74. The molecule has 1 saturated carbocycles. The Morgan fingerprint density at radius 2 is 2.19 bits per heavy atom. The smallest absolute Gasteiger partial charge is 0.227 e. The molecule has 0 spiro atoms. The molecule has 1 fully saturated rings. The minimum atomic E-state index is -0.182. The lowest BCUT2D eigenvalue weighted by atomic mass is 9.93. The van der Waals surface area contributed by atoms with E-state index in [1.165, 1.54) is 0 Å². The molecule has 0 atom stereocenters. The Labute approximate surface area is 94.6 Å². The van der Waals surface area contributed by atoms with Crippen molar-refractivity contribution in [3.8, 4) is 0 Å². The van der Waals surface area contributed by atoms with Crippen LogP contribution in [-0.4, -0.2) is 23.2 Å². The summed E-state index contributed by atoms with van der Waals surface area (Å²) in [6, 6.07) is 3.79. The van der Waals surface area contributed by atoms with Gasteiger partial charge in [-0.25, -0.2) is 0 Å². The fraction of sp³-hybridized carbons (Fsp3) is 0.583. The summed E-state index contributed by atoms with van der Waals surface area (Å²) in [7, 11) is 0. The number of amides is 1. The van der Waals surface area contributed by atoms with E-state index < -0.39 is 0 Å². The number of nitrogens with one attached hydrogen (secondary N) is 1. The Morgan fingerprint density at radius 3 is 2.81 bits per heavy atom. The summed E-state index contributed by atoms with van der Waals surface area (Å²) in [5, 5.41) is 12.3. The zero-order valence-electron chi connectivity index (χ0n) is 9.19. The van der Waals surface area contributed by atoms with Crippen LogP contribution in [0.1, 0.15) is 31.4 Å². The van der Waals surface area contributed by atoms with Crippen LogP contribution in [0.4, 0.5) is 0 Å². The molecule has 1 amide bonds. The molecule has 0 aromatic carbocycles. The van der Waals surface area contributed by atoms with Gasteiger partial charge < -0.3 is 14.8 Å². The van der Waals surface area contributed by atoms with E-state index in [2.05, 4.69) is 5.32 Å². The van der Waals surface area contributed by atoms with Gasteiger partial charge in [0.15, 0.2) is 0 Å². The summed E-state index contributed by atoms with van der Waals surface area (Å²) in [5.74, 6) is 0.685. The largest absolute Gasteiger partial charge is 0.469 e. The number of carbonyl (C=O) groups is 1. The zero-order chi connectivity index (χ0) is 11.4. The Morgan fingerprint density at radius 1 is 1.44 bits per heavy atom. The van der Waals surface area contributed by atoms with Gasteiger partial charge in [-0.2, -0.15) is 0 Å². The third-order valence-electron chi connectivity index (χ3n) is 2.98. The molecule has 4 nitrogen and oxygen atoms in total. The van der Waals surface area contributed by atoms with E-state index >= 15 is 0 Å². The average Bonchev–Trinajstić information content (AvgIpc) is 2.74. The molecule has 1 aliphatic carbocycles. The summed E-state index contributed by atoms with van der Waals surface area (Å²) in [4.78, 5) is 11.6. The Hall–Kier alpha value is -1.29. The summed E-state index contributed by atoms with van der Waals surface area (Å²) in [6.07, 6.45) is 4.98. The van der Waals surface area contributed by atoms with Crippen LogP contribution < -0.4 is 5.32 Å². The second-order valence-corrected chi connectivity index (χ2v) is 4.33. The van der Waals surface area contributed by atoms with Gasteiger partial charge >= 0.3 is 0 Å². The predicted octanol–water partition coefficient (Wildman–Crippen LogP) is 1.24. The lowest BCUT2D eigenvalue weighted by Crippen LogP contribution is -2.39. The van der Waals surface area contributed by atoms with Crippen LogP contribution in [0.5, 0.6) is 0 Å². The second-order valence-electron chi connectivity index (χ2n) is 4.33. The van der Waals surface area contributed by atoms with E-state index in [9.17, 15) is 9.90 Å².